The zero-order chi connectivity index (χ0) is 23.3. The van der Waals surface area contributed by atoms with E-state index in [4.69, 9.17) is 4.74 Å². The highest BCUT2D eigenvalue weighted by Crippen LogP contribution is 2.29. The van der Waals surface area contributed by atoms with Gasteiger partial charge in [0.05, 0.1) is 25.0 Å². The first-order valence-electron chi connectivity index (χ1n) is 12.3. The lowest BCUT2D eigenvalue weighted by atomic mass is 9.86. The molecule has 2 atom stereocenters. The summed E-state index contributed by atoms with van der Waals surface area (Å²) in [4.78, 5) is 26.1. The van der Waals surface area contributed by atoms with E-state index in [-0.39, 0.29) is 30.0 Å². The van der Waals surface area contributed by atoms with Crippen LogP contribution in [0.25, 0.3) is 0 Å². The summed E-state index contributed by atoms with van der Waals surface area (Å²) in [6.45, 7) is 2.66. The molecule has 1 aliphatic carbocycles. The van der Waals surface area contributed by atoms with Gasteiger partial charge in [0.2, 0.25) is 21.9 Å². The molecule has 1 saturated carbocycles. The number of nitrogens with zero attached hydrogens (tertiary/aromatic N) is 4. The Morgan fingerprint density at radius 2 is 1.73 bits per heavy atom. The molecule has 1 amide bonds. The first kappa shape index (κ1) is 24.3. The summed E-state index contributed by atoms with van der Waals surface area (Å²) in [7, 11) is -3.38. The lowest BCUT2D eigenvalue weighted by Gasteiger charge is -2.43. The summed E-state index contributed by atoms with van der Waals surface area (Å²) >= 11 is 0. The van der Waals surface area contributed by atoms with Crippen LogP contribution in [0.5, 0.6) is 0 Å². The van der Waals surface area contributed by atoms with Gasteiger partial charge in [-0.2, -0.15) is 0 Å². The highest BCUT2D eigenvalue weighted by Gasteiger charge is 2.39. The van der Waals surface area contributed by atoms with Gasteiger partial charge in [-0.25, -0.2) is 23.1 Å². The maximum absolute atomic E-state index is 13.4. The number of piperidine rings is 2. The van der Waals surface area contributed by atoms with Crippen LogP contribution in [0.3, 0.4) is 0 Å². The third kappa shape index (κ3) is 6.64. The van der Waals surface area contributed by atoms with Crippen LogP contribution in [-0.4, -0.2) is 79.9 Å². The number of hydrogen-bond donors (Lipinski definition) is 1. The summed E-state index contributed by atoms with van der Waals surface area (Å²) in [6.07, 6.45) is 13.3. The van der Waals surface area contributed by atoms with Gasteiger partial charge in [0, 0.05) is 44.0 Å². The smallest absolute Gasteiger partial charge is 0.226 e. The summed E-state index contributed by atoms with van der Waals surface area (Å²) < 4.78 is 33.2. The zero-order valence-electron chi connectivity index (χ0n) is 19.6. The summed E-state index contributed by atoms with van der Waals surface area (Å²) in [5.74, 6) is 0.983. The SMILES string of the molecule is CS(=O)(=O)N[C@H]1CCCN(C(=O)C2CCCCC2)[C@H]1COC1CCN(c2ncccn2)CC1. The Hall–Kier alpha value is -1.78. The van der Waals surface area contributed by atoms with Crippen molar-refractivity contribution in [3.63, 3.8) is 0 Å². The quantitative estimate of drug-likeness (QED) is 0.637. The van der Waals surface area contributed by atoms with Crippen LogP contribution in [0.2, 0.25) is 0 Å². The van der Waals surface area contributed by atoms with Crippen LogP contribution in [0.15, 0.2) is 18.5 Å². The largest absolute Gasteiger partial charge is 0.376 e. The van der Waals surface area contributed by atoms with Gasteiger partial charge in [0.1, 0.15) is 0 Å². The van der Waals surface area contributed by atoms with Crippen molar-refractivity contribution < 1.29 is 17.9 Å². The van der Waals surface area contributed by atoms with Crippen LogP contribution < -0.4 is 9.62 Å². The Balaban J connectivity index is 1.39. The van der Waals surface area contributed by atoms with Crippen molar-refractivity contribution in [1.82, 2.24) is 19.6 Å². The number of carbonyl (C=O) groups excluding carboxylic acids is 1. The van der Waals surface area contributed by atoms with E-state index in [0.29, 0.717) is 13.2 Å². The average molecular weight is 480 g/mol. The number of sulfonamides is 1. The molecule has 1 aromatic heterocycles. The second-order valence-electron chi connectivity index (χ2n) is 9.64. The van der Waals surface area contributed by atoms with Crippen LogP contribution >= 0.6 is 0 Å². The minimum Gasteiger partial charge on any atom is -0.376 e. The van der Waals surface area contributed by atoms with Crippen molar-refractivity contribution in [1.29, 1.82) is 0 Å². The number of anilines is 1. The van der Waals surface area contributed by atoms with E-state index < -0.39 is 10.0 Å². The summed E-state index contributed by atoms with van der Waals surface area (Å²) in [5, 5.41) is 0. The molecule has 1 aromatic rings. The molecule has 4 rings (SSSR count). The number of aromatic nitrogens is 2. The molecule has 3 fully saturated rings. The molecule has 33 heavy (non-hydrogen) atoms. The number of hydrogen-bond acceptors (Lipinski definition) is 7. The topological polar surface area (TPSA) is 105 Å². The molecular formula is C23H37N5O4S. The van der Waals surface area contributed by atoms with Crippen molar-refractivity contribution >= 4 is 21.9 Å². The van der Waals surface area contributed by atoms with E-state index >= 15 is 0 Å². The van der Waals surface area contributed by atoms with Crippen molar-refractivity contribution in [2.75, 3.05) is 37.4 Å². The molecule has 0 aromatic carbocycles. The fourth-order valence-corrected chi connectivity index (χ4v) is 6.27. The second-order valence-corrected chi connectivity index (χ2v) is 11.4. The number of nitrogens with one attached hydrogen (secondary N) is 1. The van der Waals surface area contributed by atoms with Gasteiger partial charge in [0.25, 0.3) is 0 Å². The highest BCUT2D eigenvalue weighted by molar-refractivity contribution is 7.88. The zero-order valence-corrected chi connectivity index (χ0v) is 20.4. The predicted molar refractivity (Wildman–Crippen MR) is 126 cm³/mol. The van der Waals surface area contributed by atoms with E-state index in [1.165, 1.54) is 12.7 Å². The van der Waals surface area contributed by atoms with Crippen molar-refractivity contribution in [2.24, 2.45) is 5.92 Å². The standard InChI is InChI=1S/C23H37N5O4S/c1-33(30,31)26-20-9-5-14-28(22(29)18-7-3-2-4-8-18)21(20)17-32-19-10-15-27(16-11-19)23-24-12-6-13-25-23/h6,12-13,18-21,26H,2-5,7-11,14-17H2,1H3/t20-,21-/m0/s1. The Kier molecular flexibility index (Phi) is 8.19. The van der Waals surface area contributed by atoms with Crippen LogP contribution in [-0.2, 0) is 19.6 Å². The van der Waals surface area contributed by atoms with E-state index in [1.807, 2.05) is 11.0 Å². The molecule has 2 aliphatic heterocycles. The van der Waals surface area contributed by atoms with E-state index in [0.717, 1.165) is 70.4 Å². The van der Waals surface area contributed by atoms with Gasteiger partial charge in [-0.05, 0) is 44.6 Å². The number of ether oxygens (including phenoxy) is 1. The van der Waals surface area contributed by atoms with Crippen molar-refractivity contribution in [3.05, 3.63) is 18.5 Å². The molecule has 10 heteroatoms. The van der Waals surface area contributed by atoms with Gasteiger partial charge in [-0.3, -0.25) is 4.79 Å². The minimum atomic E-state index is -3.38. The molecule has 1 N–H and O–H groups in total. The number of likely N-dealkylation sites (tertiary alicyclic amines) is 1. The van der Waals surface area contributed by atoms with Gasteiger partial charge in [0.15, 0.2) is 0 Å². The molecule has 9 nitrogen and oxygen atoms in total. The monoisotopic (exact) mass is 479 g/mol. The van der Waals surface area contributed by atoms with E-state index in [9.17, 15) is 13.2 Å². The molecule has 2 saturated heterocycles. The first-order valence-corrected chi connectivity index (χ1v) is 14.2. The third-order valence-electron chi connectivity index (χ3n) is 7.16. The highest BCUT2D eigenvalue weighted by atomic mass is 32.2. The number of carbonyl (C=O) groups is 1. The Bertz CT molecular complexity index is 870. The Labute approximate surface area is 197 Å². The second kappa shape index (κ2) is 11.1. The fraction of sp³-hybridized carbons (Fsp3) is 0.783. The van der Waals surface area contributed by atoms with Crippen molar-refractivity contribution in [3.8, 4) is 0 Å². The number of amides is 1. The Morgan fingerprint density at radius 3 is 2.39 bits per heavy atom. The van der Waals surface area contributed by atoms with E-state index in [1.54, 1.807) is 12.4 Å². The van der Waals surface area contributed by atoms with Crippen LogP contribution in [0.4, 0.5) is 5.95 Å². The Morgan fingerprint density at radius 1 is 1.03 bits per heavy atom. The summed E-state index contributed by atoms with van der Waals surface area (Å²) in [5.41, 5.74) is 0. The van der Waals surface area contributed by atoms with Gasteiger partial charge >= 0.3 is 0 Å². The van der Waals surface area contributed by atoms with Gasteiger partial charge in [-0.15, -0.1) is 0 Å². The molecule has 0 spiro atoms. The molecule has 3 heterocycles. The van der Waals surface area contributed by atoms with E-state index in [2.05, 4.69) is 19.6 Å². The number of rotatable bonds is 7. The molecule has 0 unspecified atom stereocenters. The average Bonchev–Trinajstić information content (AvgIpc) is 2.83. The lowest BCUT2D eigenvalue weighted by molar-refractivity contribution is -0.143. The lowest BCUT2D eigenvalue weighted by Crippen LogP contribution is -2.60. The predicted octanol–water partition coefficient (Wildman–Crippen LogP) is 1.95. The normalized spacial score (nSPS) is 25.8. The molecule has 0 radical (unpaired) electrons. The van der Waals surface area contributed by atoms with Crippen molar-refractivity contribution in [2.45, 2.75) is 76.0 Å². The summed E-state index contributed by atoms with van der Waals surface area (Å²) in [6, 6.07) is 1.24. The molecule has 3 aliphatic rings. The van der Waals surface area contributed by atoms with Gasteiger partial charge < -0.3 is 14.5 Å². The van der Waals surface area contributed by atoms with Crippen LogP contribution in [0, 0.1) is 5.92 Å². The minimum absolute atomic E-state index is 0.0624. The van der Waals surface area contributed by atoms with Gasteiger partial charge in [-0.1, -0.05) is 19.3 Å². The molecule has 0 bridgehead atoms. The maximum atomic E-state index is 13.4. The maximum Gasteiger partial charge on any atom is 0.226 e. The van der Waals surface area contributed by atoms with Crippen LogP contribution in [0.1, 0.15) is 57.8 Å². The fourth-order valence-electron chi connectivity index (χ4n) is 5.44. The first-order chi connectivity index (χ1) is 15.9. The molecule has 184 valence electrons. The third-order valence-corrected chi connectivity index (χ3v) is 7.89. The molecular weight excluding hydrogens is 442 g/mol.